The Morgan fingerprint density at radius 1 is 1.28 bits per heavy atom. The topological polar surface area (TPSA) is 34.1 Å². The molecular weight excluding hydrogens is 224 g/mol. The molecule has 18 heavy (non-hydrogen) atoms. The lowest BCUT2D eigenvalue weighted by Gasteiger charge is -2.12. The third-order valence-corrected chi connectivity index (χ3v) is 3.14. The van der Waals surface area contributed by atoms with Crippen LogP contribution in [-0.4, -0.2) is 24.7 Å². The van der Waals surface area contributed by atoms with Crippen molar-refractivity contribution in [3.8, 4) is 5.75 Å². The summed E-state index contributed by atoms with van der Waals surface area (Å²) < 4.78 is 5.42. The molecule has 0 unspecified atom stereocenters. The Bertz CT molecular complexity index is 375. The van der Waals surface area contributed by atoms with Crippen molar-refractivity contribution < 1.29 is 4.74 Å². The summed E-state index contributed by atoms with van der Waals surface area (Å²) in [5, 5.41) is 3.43. The fourth-order valence-electron chi connectivity index (χ4n) is 2.13. The number of methoxy groups -OCH3 is 1. The van der Waals surface area contributed by atoms with Gasteiger partial charge in [-0.1, -0.05) is 13.8 Å². The molecule has 1 aromatic rings. The van der Waals surface area contributed by atoms with Crippen molar-refractivity contribution >= 4 is 0 Å². The fraction of sp³-hybridized carbons (Fsp3) is 0.667. The maximum Gasteiger partial charge on any atom is 0.128 e. The van der Waals surface area contributed by atoms with Gasteiger partial charge in [-0.05, 0) is 39.7 Å². The third-order valence-electron chi connectivity index (χ3n) is 3.14. The SMILES string of the molecule is COc1c(C)cnc(CCCCNC(C)C)c1C. The van der Waals surface area contributed by atoms with Gasteiger partial charge in [-0.3, -0.25) is 4.98 Å². The Kier molecular flexibility index (Phi) is 6.13. The van der Waals surface area contributed by atoms with Crippen LogP contribution >= 0.6 is 0 Å². The maximum absolute atomic E-state index is 5.42. The number of aromatic nitrogens is 1. The Morgan fingerprint density at radius 2 is 2.00 bits per heavy atom. The number of pyridine rings is 1. The summed E-state index contributed by atoms with van der Waals surface area (Å²) in [5.74, 6) is 0.986. The second-order valence-electron chi connectivity index (χ2n) is 5.11. The van der Waals surface area contributed by atoms with Crippen LogP contribution in [-0.2, 0) is 6.42 Å². The molecular formula is C15H26N2O. The van der Waals surface area contributed by atoms with E-state index in [1.54, 1.807) is 7.11 Å². The van der Waals surface area contributed by atoms with Crippen LogP contribution in [0.1, 0.15) is 43.5 Å². The van der Waals surface area contributed by atoms with Gasteiger partial charge in [0.2, 0.25) is 0 Å². The van der Waals surface area contributed by atoms with Gasteiger partial charge in [-0.15, -0.1) is 0 Å². The minimum Gasteiger partial charge on any atom is -0.496 e. The van der Waals surface area contributed by atoms with Crippen molar-refractivity contribution in [2.24, 2.45) is 0 Å². The third kappa shape index (κ3) is 4.30. The number of aryl methyl sites for hydroxylation is 2. The number of nitrogens with one attached hydrogen (secondary N) is 1. The molecule has 1 rings (SSSR count). The normalized spacial score (nSPS) is 11.0. The van der Waals surface area contributed by atoms with E-state index in [9.17, 15) is 0 Å². The van der Waals surface area contributed by atoms with Crippen molar-refractivity contribution in [1.82, 2.24) is 10.3 Å². The molecule has 0 aliphatic rings. The van der Waals surface area contributed by atoms with E-state index in [0.717, 1.165) is 24.3 Å². The van der Waals surface area contributed by atoms with E-state index in [0.29, 0.717) is 6.04 Å². The van der Waals surface area contributed by atoms with Gasteiger partial charge < -0.3 is 10.1 Å². The van der Waals surface area contributed by atoms with Crippen molar-refractivity contribution in [1.29, 1.82) is 0 Å². The Labute approximate surface area is 111 Å². The van der Waals surface area contributed by atoms with Crippen molar-refractivity contribution in [2.45, 2.75) is 53.0 Å². The van der Waals surface area contributed by atoms with E-state index >= 15 is 0 Å². The zero-order valence-corrected chi connectivity index (χ0v) is 12.3. The molecule has 0 bridgehead atoms. The summed E-state index contributed by atoms with van der Waals surface area (Å²) in [6.07, 6.45) is 5.30. The highest BCUT2D eigenvalue weighted by molar-refractivity contribution is 5.41. The first-order chi connectivity index (χ1) is 8.56. The number of rotatable bonds is 7. The quantitative estimate of drug-likeness (QED) is 0.755. The summed E-state index contributed by atoms with van der Waals surface area (Å²) in [4.78, 5) is 4.52. The summed E-state index contributed by atoms with van der Waals surface area (Å²) in [5.41, 5.74) is 3.47. The van der Waals surface area contributed by atoms with Gasteiger partial charge in [-0.25, -0.2) is 0 Å². The van der Waals surface area contributed by atoms with Gasteiger partial charge in [0.05, 0.1) is 7.11 Å². The van der Waals surface area contributed by atoms with Gasteiger partial charge in [0, 0.05) is 29.1 Å². The van der Waals surface area contributed by atoms with Crippen LogP contribution in [0.25, 0.3) is 0 Å². The maximum atomic E-state index is 5.42. The number of hydrogen-bond donors (Lipinski definition) is 1. The smallest absolute Gasteiger partial charge is 0.128 e. The molecule has 0 atom stereocenters. The Balaban J connectivity index is 2.48. The van der Waals surface area contributed by atoms with Crippen LogP contribution < -0.4 is 10.1 Å². The second-order valence-corrected chi connectivity index (χ2v) is 5.11. The standard InChI is InChI=1S/C15H26N2O/c1-11(2)16-9-7-6-8-14-13(4)15(18-5)12(3)10-17-14/h10-11,16H,6-9H2,1-5H3. The predicted molar refractivity (Wildman–Crippen MR) is 76.3 cm³/mol. The highest BCUT2D eigenvalue weighted by Crippen LogP contribution is 2.24. The van der Waals surface area contributed by atoms with Crippen LogP contribution in [0.15, 0.2) is 6.20 Å². The van der Waals surface area contributed by atoms with E-state index in [1.807, 2.05) is 13.1 Å². The lowest BCUT2D eigenvalue weighted by Crippen LogP contribution is -2.23. The van der Waals surface area contributed by atoms with E-state index in [1.165, 1.54) is 24.1 Å². The average Bonchev–Trinajstić information content (AvgIpc) is 2.31. The lowest BCUT2D eigenvalue weighted by atomic mass is 10.1. The van der Waals surface area contributed by atoms with Gasteiger partial charge in [0.25, 0.3) is 0 Å². The largest absolute Gasteiger partial charge is 0.496 e. The van der Waals surface area contributed by atoms with Gasteiger partial charge in [0.15, 0.2) is 0 Å². The lowest BCUT2D eigenvalue weighted by molar-refractivity contribution is 0.406. The van der Waals surface area contributed by atoms with E-state index in [2.05, 4.69) is 31.1 Å². The van der Waals surface area contributed by atoms with Gasteiger partial charge >= 0.3 is 0 Å². The highest BCUT2D eigenvalue weighted by Gasteiger charge is 2.08. The zero-order valence-electron chi connectivity index (χ0n) is 12.3. The minimum absolute atomic E-state index is 0.573. The molecule has 3 heteroatoms. The van der Waals surface area contributed by atoms with Gasteiger partial charge in [0.1, 0.15) is 5.75 Å². The van der Waals surface area contributed by atoms with Crippen molar-refractivity contribution in [3.05, 3.63) is 23.0 Å². The first-order valence-corrected chi connectivity index (χ1v) is 6.78. The summed E-state index contributed by atoms with van der Waals surface area (Å²) >= 11 is 0. The molecule has 0 saturated heterocycles. The summed E-state index contributed by atoms with van der Waals surface area (Å²) in [7, 11) is 1.73. The average molecular weight is 250 g/mol. The van der Waals surface area contributed by atoms with Crippen LogP contribution in [0.3, 0.4) is 0 Å². The molecule has 0 saturated carbocycles. The monoisotopic (exact) mass is 250 g/mol. The number of ether oxygens (including phenoxy) is 1. The van der Waals surface area contributed by atoms with Crippen molar-refractivity contribution in [2.75, 3.05) is 13.7 Å². The molecule has 0 aliphatic heterocycles. The van der Waals surface area contributed by atoms with E-state index in [4.69, 9.17) is 4.74 Å². The molecule has 3 nitrogen and oxygen atoms in total. The Morgan fingerprint density at radius 3 is 2.61 bits per heavy atom. The predicted octanol–water partition coefficient (Wildman–Crippen LogP) is 3.03. The number of nitrogens with zero attached hydrogens (tertiary/aromatic N) is 1. The van der Waals surface area contributed by atoms with Crippen LogP contribution in [0.5, 0.6) is 5.75 Å². The molecule has 0 aliphatic carbocycles. The molecule has 1 N–H and O–H groups in total. The summed E-state index contributed by atoms with van der Waals surface area (Å²) in [6.45, 7) is 9.57. The van der Waals surface area contributed by atoms with Crippen LogP contribution in [0.2, 0.25) is 0 Å². The molecule has 1 heterocycles. The molecule has 0 aromatic carbocycles. The molecule has 0 spiro atoms. The molecule has 102 valence electrons. The summed E-state index contributed by atoms with van der Waals surface area (Å²) in [6, 6.07) is 0.573. The second kappa shape index (κ2) is 7.37. The van der Waals surface area contributed by atoms with Crippen LogP contribution in [0.4, 0.5) is 0 Å². The molecule has 0 fully saturated rings. The first-order valence-electron chi connectivity index (χ1n) is 6.78. The van der Waals surface area contributed by atoms with E-state index < -0.39 is 0 Å². The number of hydrogen-bond acceptors (Lipinski definition) is 3. The van der Waals surface area contributed by atoms with E-state index in [-0.39, 0.29) is 0 Å². The van der Waals surface area contributed by atoms with Crippen LogP contribution in [0, 0.1) is 13.8 Å². The van der Waals surface area contributed by atoms with Gasteiger partial charge in [-0.2, -0.15) is 0 Å². The minimum atomic E-state index is 0.573. The highest BCUT2D eigenvalue weighted by atomic mass is 16.5. The van der Waals surface area contributed by atoms with Crippen molar-refractivity contribution in [3.63, 3.8) is 0 Å². The molecule has 0 amide bonds. The fourth-order valence-corrected chi connectivity index (χ4v) is 2.13. The molecule has 1 aromatic heterocycles. The number of unbranched alkanes of at least 4 members (excludes halogenated alkanes) is 1. The molecule has 0 radical (unpaired) electrons. The zero-order chi connectivity index (χ0) is 13.5. The Hall–Kier alpha value is -1.09. The first kappa shape index (κ1) is 15.0.